The fraction of sp³-hybridized carbons (Fsp3) is 0.548. The first-order valence-electron chi connectivity index (χ1n) is 14.5. The molecule has 4 rings (SSSR count). The number of pyridine rings is 1. The molecule has 2 atom stereocenters. The minimum atomic E-state index is -4.19. The zero-order valence-electron chi connectivity index (χ0n) is 24.5. The minimum absolute atomic E-state index is 0.00530. The monoisotopic (exact) mass is 589 g/mol. The van der Waals surface area contributed by atoms with Crippen molar-refractivity contribution < 1.29 is 27.4 Å². The van der Waals surface area contributed by atoms with Crippen LogP contribution in [0.2, 0.25) is 0 Å². The zero-order valence-corrected chi connectivity index (χ0v) is 24.5. The quantitative estimate of drug-likeness (QED) is 0.177. The lowest BCUT2D eigenvalue weighted by Crippen LogP contribution is -2.40. The van der Waals surface area contributed by atoms with Gasteiger partial charge in [-0.2, -0.15) is 13.2 Å². The average Bonchev–Trinajstić information content (AvgIpc) is 3.68. The lowest BCUT2D eigenvalue weighted by atomic mass is 9.93. The third kappa shape index (κ3) is 7.95. The predicted octanol–water partition coefficient (Wildman–Crippen LogP) is 5.86. The number of nitrogens with two attached hydrogens (primary N) is 1. The molecule has 1 aromatic carbocycles. The maximum atomic E-state index is 13.2. The second-order valence-corrected chi connectivity index (χ2v) is 11.8. The Morgan fingerprint density at radius 2 is 1.93 bits per heavy atom. The van der Waals surface area contributed by atoms with E-state index in [1.165, 1.54) is 0 Å². The van der Waals surface area contributed by atoms with Gasteiger partial charge in [0.1, 0.15) is 23.6 Å². The number of aromatic nitrogens is 1. The molecule has 2 aromatic rings. The number of hydrogen-bond donors (Lipinski definition) is 3. The number of likely N-dealkylation sites (N-methyl/N-ethyl adjacent to an activating group) is 1. The highest BCUT2D eigenvalue weighted by molar-refractivity contribution is 5.98. The number of para-hydroxylation sites is 1. The second kappa shape index (κ2) is 13.3. The number of nitrogens with one attached hydrogen (secondary N) is 2. The molecule has 1 saturated heterocycles. The van der Waals surface area contributed by atoms with Crippen LogP contribution in [0.3, 0.4) is 0 Å². The van der Waals surface area contributed by atoms with Gasteiger partial charge < -0.3 is 25.4 Å². The van der Waals surface area contributed by atoms with E-state index in [-0.39, 0.29) is 31.4 Å². The van der Waals surface area contributed by atoms with Crippen LogP contribution >= 0.6 is 0 Å². The van der Waals surface area contributed by atoms with E-state index >= 15 is 0 Å². The summed E-state index contributed by atoms with van der Waals surface area (Å²) in [5, 5.41) is 6.02. The summed E-state index contributed by atoms with van der Waals surface area (Å²) in [6.45, 7) is 5.64. The Morgan fingerprint density at radius 3 is 2.57 bits per heavy atom. The molecule has 2 unspecified atom stereocenters. The number of carbonyl (C=O) groups is 1. The Hall–Kier alpha value is -3.31. The van der Waals surface area contributed by atoms with Gasteiger partial charge in [-0.1, -0.05) is 18.2 Å². The molecular formula is C31H42F3N5O3. The van der Waals surface area contributed by atoms with E-state index in [1.54, 1.807) is 31.5 Å². The molecule has 8 nitrogen and oxygen atoms in total. The smallest absolute Gasteiger partial charge is 0.394 e. The van der Waals surface area contributed by atoms with E-state index in [0.29, 0.717) is 29.7 Å². The predicted molar refractivity (Wildman–Crippen MR) is 157 cm³/mol. The first kappa shape index (κ1) is 31.6. The van der Waals surface area contributed by atoms with Gasteiger partial charge >= 0.3 is 6.18 Å². The molecule has 4 N–H and O–H groups in total. The fourth-order valence-corrected chi connectivity index (χ4v) is 5.62. The summed E-state index contributed by atoms with van der Waals surface area (Å²) < 4.78 is 51.0. The van der Waals surface area contributed by atoms with Crippen molar-refractivity contribution in [3.05, 3.63) is 60.3 Å². The first-order valence-corrected chi connectivity index (χ1v) is 14.5. The van der Waals surface area contributed by atoms with Crippen molar-refractivity contribution >= 4 is 17.5 Å². The summed E-state index contributed by atoms with van der Waals surface area (Å²) in [6.07, 6.45) is 1.63. The van der Waals surface area contributed by atoms with Crippen LogP contribution in [0.15, 0.2) is 54.7 Å². The largest absolute Gasteiger partial charge is 0.494 e. The number of hydrogen-bond acceptors (Lipinski definition) is 7. The summed E-state index contributed by atoms with van der Waals surface area (Å²) in [6, 6.07) is 13.1. The molecule has 230 valence electrons. The Labute approximate surface area is 245 Å². The van der Waals surface area contributed by atoms with Gasteiger partial charge in [-0.05, 0) is 95.7 Å². The molecule has 2 fully saturated rings. The third-order valence-corrected chi connectivity index (χ3v) is 8.24. The minimum Gasteiger partial charge on any atom is -0.494 e. The summed E-state index contributed by atoms with van der Waals surface area (Å²) >= 11 is 0. The van der Waals surface area contributed by atoms with E-state index in [9.17, 15) is 18.0 Å². The van der Waals surface area contributed by atoms with Crippen LogP contribution < -0.4 is 26.0 Å². The fourth-order valence-electron chi connectivity index (χ4n) is 5.62. The van der Waals surface area contributed by atoms with Gasteiger partial charge in [0.2, 0.25) is 0 Å². The number of alkyl halides is 3. The molecule has 1 saturated carbocycles. The molecule has 0 spiro atoms. The van der Waals surface area contributed by atoms with Crippen LogP contribution in [-0.4, -0.2) is 55.6 Å². The first-order chi connectivity index (χ1) is 19.9. The van der Waals surface area contributed by atoms with Crippen LogP contribution in [0.4, 0.5) is 24.8 Å². The molecule has 1 amide bonds. The molecule has 11 heteroatoms. The number of nitrogens with zero attached hydrogens (tertiary/aromatic N) is 2. The number of amides is 1. The van der Waals surface area contributed by atoms with Crippen LogP contribution in [-0.2, 0) is 4.74 Å². The van der Waals surface area contributed by atoms with Crippen molar-refractivity contribution in [1.82, 2.24) is 10.3 Å². The molecule has 1 aromatic heterocycles. The van der Waals surface area contributed by atoms with Crippen LogP contribution in [0.25, 0.3) is 0 Å². The Morgan fingerprint density at radius 1 is 1.19 bits per heavy atom. The highest BCUT2D eigenvalue weighted by atomic mass is 19.4. The number of anilines is 2. The number of ether oxygens (including phenoxy) is 2. The highest BCUT2D eigenvalue weighted by Gasteiger charge is 2.62. The molecule has 2 heterocycles. The number of rotatable bonds is 15. The summed E-state index contributed by atoms with van der Waals surface area (Å²) in [5.41, 5.74) is 4.24. The second-order valence-electron chi connectivity index (χ2n) is 11.8. The standard InChI is InChI=1S/C31H42F3N5O3/c1-29(2)20-22(8-7-18-41-23-9-5-4-6-10-23)21-39(29)28-24(27(35)40)11-12-25(38-28)37-17-13-26(36-3)42-19-16-30(14-15-30)31(32,33)34/h4-6,9-13,17,22,26,36H,7-8,14-16,18-21H2,1-3H3,(H2,35,40)(H,37,38)/b17-13-. The zero-order chi connectivity index (χ0) is 30.4. The lowest BCUT2D eigenvalue weighted by Gasteiger charge is -2.33. The molecule has 0 radical (unpaired) electrons. The Balaban J connectivity index is 1.34. The molecule has 1 aliphatic heterocycles. The van der Waals surface area contributed by atoms with Gasteiger partial charge in [0.25, 0.3) is 5.91 Å². The number of halogens is 3. The summed E-state index contributed by atoms with van der Waals surface area (Å²) in [7, 11) is 1.67. The Bertz CT molecular complexity index is 1220. The van der Waals surface area contributed by atoms with Crippen LogP contribution in [0.1, 0.15) is 62.7 Å². The lowest BCUT2D eigenvalue weighted by molar-refractivity contribution is -0.192. The summed E-state index contributed by atoms with van der Waals surface area (Å²) in [5.74, 6) is 1.74. The van der Waals surface area contributed by atoms with E-state index in [0.717, 1.165) is 31.6 Å². The van der Waals surface area contributed by atoms with Crippen molar-refractivity contribution in [2.75, 3.05) is 37.0 Å². The van der Waals surface area contributed by atoms with Crippen molar-refractivity contribution in [3.8, 4) is 5.75 Å². The molecule has 1 aliphatic carbocycles. The SMILES string of the molecule is CNC(/C=C\Nc1ccc(C(N)=O)c(N2CC(CCCOc3ccccc3)CC2(C)C)n1)OCCC1(C(F)(F)F)CC1. The van der Waals surface area contributed by atoms with Gasteiger partial charge in [-0.3, -0.25) is 10.1 Å². The van der Waals surface area contributed by atoms with Crippen molar-refractivity contribution in [2.24, 2.45) is 17.1 Å². The van der Waals surface area contributed by atoms with Crippen LogP contribution in [0.5, 0.6) is 5.75 Å². The van der Waals surface area contributed by atoms with Gasteiger partial charge in [0.15, 0.2) is 0 Å². The van der Waals surface area contributed by atoms with E-state index < -0.39 is 23.7 Å². The number of benzene rings is 1. The molecule has 2 aliphatic rings. The van der Waals surface area contributed by atoms with E-state index in [4.69, 9.17) is 20.2 Å². The van der Waals surface area contributed by atoms with Crippen molar-refractivity contribution in [3.63, 3.8) is 0 Å². The van der Waals surface area contributed by atoms with Gasteiger partial charge in [-0.25, -0.2) is 4.98 Å². The van der Waals surface area contributed by atoms with Crippen molar-refractivity contribution in [2.45, 2.75) is 70.3 Å². The molecule has 42 heavy (non-hydrogen) atoms. The average molecular weight is 590 g/mol. The summed E-state index contributed by atoms with van der Waals surface area (Å²) in [4.78, 5) is 19.2. The number of primary amides is 1. The van der Waals surface area contributed by atoms with Crippen molar-refractivity contribution in [1.29, 1.82) is 0 Å². The molecular weight excluding hydrogens is 547 g/mol. The van der Waals surface area contributed by atoms with Gasteiger partial charge in [-0.15, -0.1) is 0 Å². The topological polar surface area (TPSA) is 102 Å². The number of carbonyl (C=O) groups excluding carboxylic acids is 1. The maximum absolute atomic E-state index is 13.2. The molecule has 0 bridgehead atoms. The normalized spacial score (nSPS) is 20.0. The Kier molecular flexibility index (Phi) is 10.0. The van der Waals surface area contributed by atoms with E-state index in [1.807, 2.05) is 30.3 Å². The van der Waals surface area contributed by atoms with Gasteiger partial charge in [0, 0.05) is 24.9 Å². The van der Waals surface area contributed by atoms with Gasteiger partial charge in [0.05, 0.1) is 17.6 Å². The van der Waals surface area contributed by atoms with Crippen LogP contribution in [0, 0.1) is 11.3 Å². The highest BCUT2D eigenvalue weighted by Crippen LogP contribution is 2.59. The van der Waals surface area contributed by atoms with E-state index in [2.05, 4.69) is 29.4 Å². The maximum Gasteiger partial charge on any atom is 0.394 e. The third-order valence-electron chi connectivity index (χ3n) is 8.24.